The van der Waals surface area contributed by atoms with E-state index >= 15 is 0 Å². The van der Waals surface area contributed by atoms with E-state index in [1.807, 2.05) is 6.92 Å². The molecule has 6 rings (SSSR count). The predicted molar refractivity (Wildman–Crippen MR) is 136 cm³/mol. The number of ether oxygens (including phenoxy) is 2. The van der Waals surface area contributed by atoms with Crippen molar-refractivity contribution in [2.24, 2.45) is 0 Å². The summed E-state index contributed by atoms with van der Waals surface area (Å²) in [5.74, 6) is 0.591. The first kappa shape index (κ1) is 26.0. The Labute approximate surface area is 222 Å². The summed E-state index contributed by atoms with van der Waals surface area (Å²) in [4.78, 5) is 4.58. The van der Waals surface area contributed by atoms with E-state index in [1.54, 1.807) is 17.5 Å². The molecule has 0 amide bonds. The number of hydrogen-bond donors (Lipinski definition) is 1. The first-order chi connectivity index (χ1) is 18.1. The van der Waals surface area contributed by atoms with E-state index in [9.17, 15) is 17.2 Å². The normalized spacial score (nSPS) is 28.6. The molecule has 2 unspecified atom stereocenters. The third-order valence-corrected chi connectivity index (χ3v) is 10.3. The van der Waals surface area contributed by atoms with Crippen LogP contribution in [0.15, 0.2) is 23.2 Å². The zero-order valence-electron chi connectivity index (χ0n) is 21.2. The Balaban J connectivity index is 1.46. The van der Waals surface area contributed by atoms with Crippen LogP contribution in [-0.2, 0) is 19.5 Å². The van der Waals surface area contributed by atoms with Crippen LogP contribution in [-0.4, -0.2) is 96.3 Å². The van der Waals surface area contributed by atoms with Crippen molar-refractivity contribution in [1.82, 2.24) is 29.4 Å². The van der Waals surface area contributed by atoms with E-state index in [2.05, 4.69) is 36.7 Å². The van der Waals surface area contributed by atoms with Crippen molar-refractivity contribution in [3.63, 3.8) is 0 Å². The Morgan fingerprint density at radius 1 is 1.24 bits per heavy atom. The molecule has 0 bridgehead atoms. The summed E-state index contributed by atoms with van der Waals surface area (Å²) in [5, 5.41) is 11.9. The first-order valence-corrected chi connectivity index (χ1v) is 14.7. The van der Waals surface area contributed by atoms with Gasteiger partial charge in [0, 0.05) is 31.7 Å². The fourth-order valence-electron chi connectivity index (χ4n) is 5.34. The van der Waals surface area contributed by atoms with E-state index in [1.165, 1.54) is 12.3 Å². The molecule has 0 spiro atoms. The second kappa shape index (κ2) is 9.41. The lowest BCUT2D eigenvalue weighted by atomic mass is 9.93. The minimum atomic E-state index is -3.97. The number of rotatable bonds is 6. The molecule has 6 heterocycles. The van der Waals surface area contributed by atoms with Gasteiger partial charge in [-0.2, -0.15) is 5.10 Å². The molecule has 15 heteroatoms. The molecule has 3 aliphatic heterocycles. The van der Waals surface area contributed by atoms with Crippen molar-refractivity contribution in [2.75, 3.05) is 44.4 Å². The van der Waals surface area contributed by atoms with Gasteiger partial charge in [0.15, 0.2) is 10.0 Å². The number of piperazine rings is 1. The number of morpholine rings is 1. The number of hydrogen-bond acceptors (Lipinski definition) is 10. The summed E-state index contributed by atoms with van der Waals surface area (Å²) in [5.41, 5.74) is 0.143. The number of anilines is 1. The van der Waals surface area contributed by atoms with Gasteiger partial charge in [0.25, 0.3) is 6.43 Å². The van der Waals surface area contributed by atoms with Gasteiger partial charge in [-0.1, -0.05) is 11.3 Å². The minimum Gasteiger partial charge on any atom is -0.378 e. The van der Waals surface area contributed by atoms with Crippen LogP contribution in [0.2, 0.25) is 0 Å². The highest BCUT2D eigenvalue weighted by Gasteiger charge is 2.45. The standard InChI is InChI=1S/C23H29F2N7O4S2/c1-13-9-30(10-15-11-35-5-4-31(13)15)19-7-16(38(33,34)29-23(3)12-36-14(23)2)6-18-17(8-26-32(18)19)21-27-28-22(37-21)20(24)25/h6-8,13-15,20,29H,4-5,9-12H2,1-3H3/t13-,14?,15+,23?/m0/s1. The number of nitrogens with one attached hydrogen (secondary N) is 1. The van der Waals surface area contributed by atoms with Gasteiger partial charge in [-0.25, -0.2) is 26.4 Å². The van der Waals surface area contributed by atoms with Crippen LogP contribution in [0.4, 0.5) is 14.6 Å². The molecule has 11 nitrogen and oxygen atoms in total. The Kier molecular flexibility index (Phi) is 6.43. The molecule has 1 N–H and O–H groups in total. The summed E-state index contributed by atoms with van der Waals surface area (Å²) < 4.78 is 69.4. The Bertz CT molecular complexity index is 1470. The van der Waals surface area contributed by atoms with Crippen molar-refractivity contribution in [2.45, 2.75) is 55.8 Å². The summed E-state index contributed by atoms with van der Waals surface area (Å²) in [6.45, 7) is 9.45. The van der Waals surface area contributed by atoms with Gasteiger partial charge in [0.1, 0.15) is 5.82 Å². The van der Waals surface area contributed by atoms with Crippen molar-refractivity contribution < 1.29 is 26.7 Å². The fourth-order valence-corrected chi connectivity index (χ4v) is 7.55. The van der Waals surface area contributed by atoms with Crippen molar-refractivity contribution in [3.8, 4) is 10.6 Å². The molecule has 0 aliphatic carbocycles. The zero-order valence-corrected chi connectivity index (χ0v) is 22.8. The average molecular weight is 570 g/mol. The highest BCUT2D eigenvalue weighted by molar-refractivity contribution is 7.89. The second-order valence-electron chi connectivity index (χ2n) is 10.3. The predicted octanol–water partition coefficient (Wildman–Crippen LogP) is 2.16. The van der Waals surface area contributed by atoms with Gasteiger partial charge in [-0.3, -0.25) is 4.90 Å². The molecule has 4 atom stereocenters. The van der Waals surface area contributed by atoms with Crippen LogP contribution in [0.25, 0.3) is 16.1 Å². The monoisotopic (exact) mass is 569 g/mol. The van der Waals surface area contributed by atoms with Crippen molar-refractivity contribution in [3.05, 3.63) is 23.3 Å². The lowest BCUT2D eigenvalue weighted by Gasteiger charge is -2.48. The summed E-state index contributed by atoms with van der Waals surface area (Å²) >= 11 is 0.763. The highest BCUT2D eigenvalue weighted by Crippen LogP contribution is 2.36. The molecular formula is C23H29F2N7O4S2. The SMILES string of the molecule is CC1OCC1(C)NS(=O)(=O)c1cc(N2C[C@@H]3COCCN3[C@@H](C)C2)n2ncc(-c3nnc(C(F)F)s3)c2c1. The van der Waals surface area contributed by atoms with Gasteiger partial charge in [0.05, 0.1) is 59.7 Å². The van der Waals surface area contributed by atoms with E-state index in [4.69, 9.17) is 9.47 Å². The number of alkyl halides is 2. The van der Waals surface area contributed by atoms with Crippen LogP contribution in [0.5, 0.6) is 0 Å². The Morgan fingerprint density at radius 2 is 2.05 bits per heavy atom. The van der Waals surface area contributed by atoms with Gasteiger partial charge < -0.3 is 14.4 Å². The zero-order chi connectivity index (χ0) is 26.8. The van der Waals surface area contributed by atoms with Crippen molar-refractivity contribution in [1.29, 1.82) is 0 Å². The number of pyridine rings is 1. The molecule has 3 aromatic rings. The van der Waals surface area contributed by atoms with E-state index in [-0.39, 0.29) is 34.7 Å². The molecular weight excluding hydrogens is 540 g/mol. The smallest absolute Gasteiger partial charge is 0.291 e. The van der Waals surface area contributed by atoms with E-state index in [0.717, 1.165) is 17.9 Å². The number of fused-ring (bicyclic) bond motifs is 2. The number of aromatic nitrogens is 4. The van der Waals surface area contributed by atoms with Crippen molar-refractivity contribution >= 4 is 32.7 Å². The van der Waals surface area contributed by atoms with Gasteiger partial charge in [-0.05, 0) is 26.8 Å². The maximum atomic E-state index is 13.7. The number of halogens is 2. The van der Waals surface area contributed by atoms with Crippen LogP contribution in [0, 0.1) is 0 Å². The summed E-state index contributed by atoms with van der Waals surface area (Å²) in [6.07, 6.45) is -1.51. The van der Waals surface area contributed by atoms with Gasteiger partial charge >= 0.3 is 0 Å². The topological polar surface area (TPSA) is 114 Å². The van der Waals surface area contributed by atoms with Gasteiger partial charge in [0.2, 0.25) is 10.0 Å². The number of sulfonamides is 1. The maximum Gasteiger partial charge on any atom is 0.291 e. The third kappa shape index (κ3) is 4.38. The third-order valence-electron chi connectivity index (χ3n) is 7.72. The van der Waals surface area contributed by atoms with Gasteiger partial charge in [-0.15, -0.1) is 10.2 Å². The Morgan fingerprint density at radius 3 is 2.74 bits per heavy atom. The molecule has 3 aliphatic rings. The first-order valence-electron chi connectivity index (χ1n) is 12.4. The lowest BCUT2D eigenvalue weighted by molar-refractivity contribution is -0.120. The quantitative estimate of drug-likeness (QED) is 0.477. The molecule has 0 aromatic carbocycles. The summed E-state index contributed by atoms with van der Waals surface area (Å²) in [7, 11) is -3.97. The highest BCUT2D eigenvalue weighted by atomic mass is 32.2. The molecule has 0 saturated carbocycles. The van der Waals surface area contributed by atoms with Crippen LogP contribution in [0.3, 0.4) is 0 Å². The van der Waals surface area contributed by atoms with Crippen LogP contribution >= 0.6 is 11.3 Å². The molecule has 3 fully saturated rings. The number of nitrogens with zero attached hydrogens (tertiary/aromatic N) is 6. The van der Waals surface area contributed by atoms with E-state index < -0.39 is 27.0 Å². The lowest BCUT2D eigenvalue weighted by Crippen LogP contribution is -2.65. The van der Waals surface area contributed by atoms with Crippen LogP contribution < -0.4 is 9.62 Å². The Hall–Kier alpha value is -2.30. The molecule has 3 aromatic heterocycles. The second-order valence-corrected chi connectivity index (χ2v) is 13.0. The molecule has 38 heavy (non-hydrogen) atoms. The molecule has 3 saturated heterocycles. The van der Waals surface area contributed by atoms with Crippen LogP contribution in [0.1, 0.15) is 32.2 Å². The minimum absolute atomic E-state index is 0.0515. The summed E-state index contributed by atoms with van der Waals surface area (Å²) in [6, 6.07) is 3.50. The molecule has 206 valence electrons. The average Bonchev–Trinajstić information content (AvgIpc) is 3.54. The fraction of sp³-hybridized carbons (Fsp3) is 0.609. The molecule has 0 radical (unpaired) electrons. The van der Waals surface area contributed by atoms with E-state index in [0.29, 0.717) is 43.2 Å². The maximum absolute atomic E-state index is 13.7. The largest absolute Gasteiger partial charge is 0.378 e.